The van der Waals surface area contributed by atoms with Crippen molar-refractivity contribution in [1.29, 1.82) is 0 Å². The van der Waals surface area contributed by atoms with Crippen LogP contribution < -0.4 is 5.32 Å². The Morgan fingerprint density at radius 3 is 2.57 bits per heavy atom. The van der Waals surface area contributed by atoms with Crippen LogP contribution in [0.1, 0.15) is 51.2 Å². The number of sulfonamides is 1. The number of amides is 1. The van der Waals surface area contributed by atoms with Crippen LogP contribution in [-0.2, 0) is 40.1 Å². The number of hydrogen-bond donors (Lipinski definition) is 2. The van der Waals surface area contributed by atoms with E-state index in [0.29, 0.717) is 32.7 Å². The van der Waals surface area contributed by atoms with Crippen LogP contribution in [0.3, 0.4) is 0 Å². The minimum Gasteiger partial charge on any atom is -0.443 e. The molecule has 3 aliphatic heterocycles. The lowest BCUT2D eigenvalue weighted by Gasteiger charge is -2.36. The number of nitrogens with one attached hydrogen (secondary N) is 1. The van der Waals surface area contributed by atoms with E-state index in [1.54, 1.807) is 18.2 Å². The molecule has 254 valence electrons. The lowest BCUT2D eigenvalue weighted by molar-refractivity contribution is -0.151. The average Bonchev–Trinajstić information content (AvgIpc) is 3.75. The topological polar surface area (TPSA) is 133 Å². The summed E-state index contributed by atoms with van der Waals surface area (Å²) in [6, 6.07) is 15.3. The monoisotopic (exact) mass is 660 g/mol. The van der Waals surface area contributed by atoms with E-state index in [2.05, 4.69) is 5.32 Å². The number of benzene rings is 2. The molecular formula is C34H48N2O9S. The molecule has 11 nitrogen and oxygen atoms in total. The van der Waals surface area contributed by atoms with Crippen LogP contribution in [0.5, 0.6) is 0 Å². The summed E-state index contributed by atoms with van der Waals surface area (Å²) in [7, 11) is -4.03. The van der Waals surface area contributed by atoms with Crippen molar-refractivity contribution in [3.63, 3.8) is 0 Å². The molecule has 0 aromatic heterocycles. The fraction of sp³-hybridized carbons (Fsp3) is 0.618. The van der Waals surface area contributed by atoms with E-state index in [4.69, 9.17) is 23.7 Å². The van der Waals surface area contributed by atoms with Crippen molar-refractivity contribution in [3.8, 4) is 0 Å². The second-order valence-corrected chi connectivity index (χ2v) is 15.5. The zero-order valence-corrected chi connectivity index (χ0v) is 28.0. The highest BCUT2D eigenvalue weighted by molar-refractivity contribution is 7.89. The van der Waals surface area contributed by atoms with Crippen molar-refractivity contribution in [1.82, 2.24) is 9.62 Å². The summed E-state index contributed by atoms with van der Waals surface area (Å²) in [5, 5.41) is 14.6. The average molecular weight is 661 g/mol. The predicted molar refractivity (Wildman–Crippen MR) is 170 cm³/mol. The molecule has 2 aromatic rings. The van der Waals surface area contributed by atoms with E-state index >= 15 is 0 Å². The maximum Gasteiger partial charge on any atom is 0.407 e. The molecule has 3 saturated heterocycles. The third kappa shape index (κ3) is 8.85. The number of rotatable bonds is 14. The zero-order valence-electron chi connectivity index (χ0n) is 27.2. The Balaban J connectivity index is 1.36. The van der Waals surface area contributed by atoms with Crippen molar-refractivity contribution in [2.24, 2.45) is 11.3 Å². The van der Waals surface area contributed by atoms with E-state index in [-0.39, 0.29) is 43.2 Å². The summed E-state index contributed by atoms with van der Waals surface area (Å²) in [5.74, 6) is -0.750. The summed E-state index contributed by atoms with van der Waals surface area (Å²) in [5.41, 5.74) is 1.18. The second-order valence-electron chi connectivity index (χ2n) is 13.6. The number of fused-ring (bicyclic) bond motifs is 1. The molecule has 2 N–H and O–H groups in total. The second kappa shape index (κ2) is 14.7. The minimum atomic E-state index is -4.03. The fourth-order valence-electron chi connectivity index (χ4n) is 6.35. The van der Waals surface area contributed by atoms with E-state index in [1.807, 2.05) is 64.1 Å². The van der Waals surface area contributed by atoms with Gasteiger partial charge in [-0.25, -0.2) is 13.2 Å². The van der Waals surface area contributed by atoms with Crippen molar-refractivity contribution in [3.05, 3.63) is 65.7 Å². The molecule has 0 radical (unpaired) electrons. The molecule has 0 aliphatic carbocycles. The Morgan fingerprint density at radius 1 is 1.11 bits per heavy atom. The summed E-state index contributed by atoms with van der Waals surface area (Å²) >= 11 is 0. The van der Waals surface area contributed by atoms with Crippen molar-refractivity contribution < 1.29 is 42.0 Å². The van der Waals surface area contributed by atoms with Gasteiger partial charge in [0.1, 0.15) is 6.10 Å². The number of carbonyl (C=O) groups excluding carboxylic acids is 1. The summed E-state index contributed by atoms with van der Waals surface area (Å²) in [6.45, 7) is 9.45. The van der Waals surface area contributed by atoms with Crippen LogP contribution in [0.2, 0.25) is 0 Å². The van der Waals surface area contributed by atoms with Gasteiger partial charge >= 0.3 is 6.09 Å². The van der Waals surface area contributed by atoms with Crippen molar-refractivity contribution >= 4 is 16.1 Å². The normalized spacial score (nSPS) is 24.1. The number of hydrogen-bond acceptors (Lipinski definition) is 9. The molecule has 46 heavy (non-hydrogen) atoms. The van der Waals surface area contributed by atoms with Gasteiger partial charge in [-0.15, -0.1) is 0 Å². The maximum atomic E-state index is 14.2. The molecule has 3 heterocycles. The van der Waals surface area contributed by atoms with Gasteiger partial charge in [-0.2, -0.15) is 4.31 Å². The lowest BCUT2D eigenvalue weighted by Crippen LogP contribution is -2.52. The molecule has 3 aliphatic rings. The molecule has 12 heteroatoms. The number of alkyl carbamates (subject to hydrolysis) is 1. The predicted octanol–water partition coefficient (Wildman–Crippen LogP) is 4.01. The van der Waals surface area contributed by atoms with E-state index in [9.17, 15) is 18.3 Å². The minimum absolute atomic E-state index is 0.0391. The molecule has 5 atom stereocenters. The molecule has 0 spiro atoms. The van der Waals surface area contributed by atoms with Gasteiger partial charge in [0.15, 0.2) is 12.1 Å². The largest absolute Gasteiger partial charge is 0.443 e. The van der Waals surface area contributed by atoms with Gasteiger partial charge in [0, 0.05) is 19.5 Å². The van der Waals surface area contributed by atoms with Crippen molar-refractivity contribution in [2.75, 3.05) is 39.5 Å². The number of carbonyl (C=O) groups is 1. The Morgan fingerprint density at radius 2 is 1.85 bits per heavy atom. The first kappa shape index (κ1) is 34.7. The molecule has 0 saturated carbocycles. The van der Waals surface area contributed by atoms with Gasteiger partial charge in [0.2, 0.25) is 10.0 Å². The molecule has 5 rings (SSSR count). The highest BCUT2D eigenvalue weighted by atomic mass is 32.2. The summed E-state index contributed by atoms with van der Waals surface area (Å²) in [4.78, 5) is 13.4. The molecule has 1 amide bonds. The third-order valence-corrected chi connectivity index (χ3v) is 10.9. The number of ether oxygens (including phenoxy) is 5. The number of nitrogens with zero attached hydrogens (tertiary/aromatic N) is 1. The first-order chi connectivity index (χ1) is 21.8. The smallest absolute Gasteiger partial charge is 0.407 e. The Labute approximate surface area is 272 Å². The van der Waals surface area contributed by atoms with Crippen LogP contribution >= 0.6 is 0 Å². The van der Waals surface area contributed by atoms with Crippen LogP contribution in [-0.4, -0.2) is 93.8 Å². The molecule has 4 unspecified atom stereocenters. The summed E-state index contributed by atoms with van der Waals surface area (Å²) in [6.07, 6.45) is -0.587. The molecular weight excluding hydrogens is 612 g/mol. The molecule has 2 aromatic carbocycles. The van der Waals surface area contributed by atoms with Gasteiger partial charge in [0.05, 0.1) is 49.4 Å². The number of aliphatic hydroxyl groups excluding tert-OH is 1. The van der Waals surface area contributed by atoms with E-state index in [0.717, 1.165) is 17.5 Å². The van der Waals surface area contributed by atoms with Crippen LogP contribution in [0.15, 0.2) is 59.5 Å². The Hall–Kier alpha value is -2.58. The fourth-order valence-corrected chi connectivity index (χ4v) is 8.11. The van der Waals surface area contributed by atoms with Gasteiger partial charge in [0.25, 0.3) is 0 Å². The number of aliphatic hydroxyl groups is 1. The van der Waals surface area contributed by atoms with Crippen LogP contribution in [0, 0.1) is 18.3 Å². The first-order valence-corrected chi connectivity index (χ1v) is 17.5. The Bertz CT molecular complexity index is 1410. The summed E-state index contributed by atoms with van der Waals surface area (Å²) < 4.78 is 58.2. The van der Waals surface area contributed by atoms with Gasteiger partial charge in [-0.05, 0) is 61.8 Å². The Kier molecular flexibility index (Phi) is 11.1. The maximum absolute atomic E-state index is 14.2. The van der Waals surface area contributed by atoms with Crippen LogP contribution in [0.4, 0.5) is 4.79 Å². The SMILES string of the molecule is Cc1cccc(S(=O)(=O)N(CC(O)[C@H](Cc2ccccc2)NC(=O)OC2COC3OCCC23)CC(C)(C)CCC2(C)OCCO2)c1. The number of aryl methyl sites for hydroxylation is 1. The van der Waals surface area contributed by atoms with E-state index in [1.165, 1.54) is 4.31 Å². The molecule has 3 fully saturated rings. The first-order valence-electron chi connectivity index (χ1n) is 16.1. The highest BCUT2D eigenvalue weighted by Crippen LogP contribution is 2.34. The zero-order chi connectivity index (χ0) is 33.0. The van der Waals surface area contributed by atoms with Gasteiger partial charge in [-0.1, -0.05) is 56.3 Å². The van der Waals surface area contributed by atoms with Gasteiger partial charge < -0.3 is 34.1 Å². The third-order valence-electron chi connectivity index (χ3n) is 9.09. The standard InChI is InChI=1S/C34H48N2O9S/c1-24-9-8-12-26(19-24)46(39,40)36(23-33(2,3)14-15-34(4)43-17-18-44-34)21-29(37)28(20-25-10-6-5-7-11-25)35-32(38)45-30-22-42-31-27(30)13-16-41-31/h5-12,19,27-31,37H,13-18,20-23H2,1-4H3,(H,35,38)/t27?,28-,29?,30?,31?/m0/s1. The quantitative estimate of drug-likeness (QED) is 0.308. The van der Waals surface area contributed by atoms with Gasteiger partial charge in [-0.3, -0.25) is 0 Å². The molecule has 0 bridgehead atoms. The highest BCUT2D eigenvalue weighted by Gasteiger charge is 2.44. The lowest BCUT2D eigenvalue weighted by atomic mass is 9.86. The van der Waals surface area contributed by atoms with Crippen LogP contribution in [0.25, 0.3) is 0 Å². The van der Waals surface area contributed by atoms with E-state index < -0.39 is 45.6 Å². The van der Waals surface area contributed by atoms with Crippen molar-refractivity contribution in [2.45, 2.75) is 88.6 Å².